The van der Waals surface area contributed by atoms with Crippen LogP contribution in [-0.2, 0) is 16.0 Å². The van der Waals surface area contributed by atoms with Crippen molar-refractivity contribution in [1.29, 1.82) is 0 Å². The van der Waals surface area contributed by atoms with Crippen LogP contribution in [0.1, 0.15) is 31.7 Å². The molecule has 2 aromatic carbocycles. The van der Waals surface area contributed by atoms with E-state index >= 15 is 0 Å². The van der Waals surface area contributed by atoms with Gasteiger partial charge in [-0.3, -0.25) is 9.59 Å². The molecule has 1 atom stereocenters. The molecule has 150 valence electrons. The lowest BCUT2D eigenvalue weighted by Gasteiger charge is -2.30. The van der Waals surface area contributed by atoms with Crippen LogP contribution in [0.3, 0.4) is 0 Å². The summed E-state index contributed by atoms with van der Waals surface area (Å²) in [6.45, 7) is 2.93. The van der Waals surface area contributed by atoms with Crippen molar-refractivity contribution in [2.75, 3.05) is 20.2 Å². The molecule has 0 bridgehead atoms. The zero-order chi connectivity index (χ0) is 20.2. The highest BCUT2D eigenvalue weighted by atomic mass is 16.5. The second-order valence-electron chi connectivity index (χ2n) is 6.63. The first-order valence-corrected chi connectivity index (χ1v) is 9.88. The summed E-state index contributed by atoms with van der Waals surface area (Å²) in [5.41, 5.74) is 1.15. The summed E-state index contributed by atoms with van der Waals surface area (Å²) in [7, 11) is 1.61. The number of hydrogen-bond acceptors (Lipinski definition) is 3. The number of rotatable bonds is 11. The Hall–Kier alpha value is -2.82. The summed E-state index contributed by atoms with van der Waals surface area (Å²) < 4.78 is 5.67. The van der Waals surface area contributed by atoms with E-state index in [0.717, 1.165) is 17.7 Å². The van der Waals surface area contributed by atoms with Gasteiger partial charge in [-0.25, -0.2) is 0 Å². The molecule has 1 N–H and O–H groups in total. The lowest BCUT2D eigenvalue weighted by atomic mass is 10.1. The summed E-state index contributed by atoms with van der Waals surface area (Å²) in [5.74, 6) is 0.667. The Morgan fingerprint density at radius 3 is 2.29 bits per heavy atom. The smallest absolute Gasteiger partial charge is 0.242 e. The summed E-state index contributed by atoms with van der Waals surface area (Å²) in [6, 6.07) is 19.1. The summed E-state index contributed by atoms with van der Waals surface area (Å²) >= 11 is 0. The van der Waals surface area contributed by atoms with E-state index in [1.165, 1.54) is 0 Å². The van der Waals surface area contributed by atoms with Gasteiger partial charge in [0.15, 0.2) is 0 Å². The van der Waals surface area contributed by atoms with Crippen LogP contribution in [0.15, 0.2) is 60.7 Å². The van der Waals surface area contributed by atoms with Gasteiger partial charge in [0, 0.05) is 20.0 Å². The second-order valence-corrected chi connectivity index (χ2v) is 6.63. The molecule has 0 saturated carbocycles. The zero-order valence-corrected chi connectivity index (χ0v) is 16.8. The number of benzene rings is 2. The molecule has 5 heteroatoms. The largest absolute Gasteiger partial charge is 0.494 e. The minimum atomic E-state index is -0.448. The monoisotopic (exact) mass is 382 g/mol. The van der Waals surface area contributed by atoms with Crippen LogP contribution in [0.5, 0.6) is 5.75 Å². The first-order chi connectivity index (χ1) is 13.7. The fourth-order valence-corrected chi connectivity index (χ4v) is 3.14. The number of likely N-dealkylation sites (N-methyl/N-ethyl adjacent to an activating group) is 1. The van der Waals surface area contributed by atoms with Crippen molar-refractivity contribution in [3.63, 3.8) is 0 Å². The summed E-state index contributed by atoms with van der Waals surface area (Å²) in [4.78, 5) is 26.9. The molecule has 0 aliphatic carbocycles. The van der Waals surface area contributed by atoms with Crippen LogP contribution in [0, 0.1) is 0 Å². The number of nitrogens with one attached hydrogen (secondary N) is 1. The molecule has 0 spiro atoms. The van der Waals surface area contributed by atoms with Gasteiger partial charge in [-0.1, -0.05) is 55.5 Å². The van der Waals surface area contributed by atoms with Crippen molar-refractivity contribution in [1.82, 2.24) is 10.2 Å². The number of hydrogen-bond donors (Lipinski definition) is 1. The van der Waals surface area contributed by atoms with Crippen LogP contribution in [0.25, 0.3) is 0 Å². The van der Waals surface area contributed by atoms with Gasteiger partial charge in [-0.2, -0.15) is 0 Å². The van der Waals surface area contributed by atoms with Crippen LogP contribution >= 0.6 is 0 Å². The number of ether oxygens (including phenoxy) is 1. The number of carbonyl (C=O) groups excluding carboxylic acids is 2. The Kier molecular flexibility index (Phi) is 9.05. The zero-order valence-electron chi connectivity index (χ0n) is 16.8. The van der Waals surface area contributed by atoms with E-state index in [0.29, 0.717) is 32.4 Å². The minimum absolute atomic E-state index is 0.0111. The van der Waals surface area contributed by atoms with Crippen LogP contribution < -0.4 is 10.1 Å². The fourth-order valence-electron chi connectivity index (χ4n) is 3.14. The number of para-hydroxylation sites is 1. The fraction of sp³-hybridized carbons (Fsp3) is 0.391. The highest BCUT2D eigenvalue weighted by Crippen LogP contribution is 2.13. The quantitative estimate of drug-likeness (QED) is 0.606. The molecule has 0 heterocycles. The van der Waals surface area contributed by atoms with E-state index in [1.54, 1.807) is 11.9 Å². The van der Waals surface area contributed by atoms with Gasteiger partial charge in [0.05, 0.1) is 6.61 Å². The van der Waals surface area contributed by atoms with Crippen molar-refractivity contribution < 1.29 is 14.3 Å². The van der Waals surface area contributed by atoms with Gasteiger partial charge in [0.25, 0.3) is 0 Å². The van der Waals surface area contributed by atoms with Gasteiger partial charge in [0.2, 0.25) is 11.8 Å². The average molecular weight is 383 g/mol. The normalized spacial score (nSPS) is 11.5. The third-order valence-corrected chi connectivity index (χ3v) is 4.66. The molecule has 2 aromatic rings. The van der Waals surface area contributed by atoms with Gasteiger partial charge in [-0.15, -0.1) is 0 Å². The number of amides is 2. The third kappa shape index (κ3) is 6.72. The first-order valence-electron chi connectivity index (χ1n) is 9.88. The maximum Gasteiger partial charge on any atom is 0.242 e. The SMILES string of the molecule is CCC(C(=O)NC)N(CCc1ccccc1)C(=O)CCCOc1ccccc1. The molecule has 2 amide bonds. The molecule has 0 aromatic heterocycles. The van der Waals surface area contributed by atoms with Crippen molar-refractivity contribution in [2.24, 2.45) is 0 Å². The van der Waals surface area contributed by atoms with Crippen LogP contribution in [0.2, 0.25) is 0 Å². The van der Waals surface area contributed by atoms with E-state index < -0.39 is 6.04 Å². The molecular formula is C23H30N2O3. The lowest BCUT2D eigenvalue weighted by molar-refractivity contribution is -0.140. The first kappa shape index (κ1) is 21.5. The van der Waals surface area contributed by atoms with E-state index in [2.05, 4.69) is 5.32 Å². The predicted octanol–water partition coefficient (Wildman–Crippen LogP) is 3.44. The Labute approximate surface area is 167 Å². The predicted molar refractivity (Wildman–Crippen MR) is 111 cm³/mol. The van der Waals surface area contributed by atoms with Crippen molar-refractivity contribution in [3.05, 3.63) is 66.2 Å². The van der Waals surface area contributed by atoms with Gasteiger partial charge < -0.3 is 15.0 Å². The summed E-state index contributed by atoms with van der Waals surface area (Å²) in [6.07, 6.45) is 2.27. The second kappa shape index (κ2) is 11.8. The van der Waals surface area contributed by atoms with Crippen molar-refractivity contribution >= 4 is 11.8 Å². The van der Waals surface area contributed by atoms with E-state index in [4.69, 9.17) is 4.74 Å². The molecule has 5 nitrogen and oxygen atoms in total. The number of carbonyl (C=O) groups is 2. The highest BCUT2D eigenvalue weighted by molar-refractivity contribution is 5.87. The molecule has 0 fully saturated rings. The van der Waals surface area contributed by atoms with E-state index in [-0.39, 0.29) is 11.8 Å². The molecule has 1 unspecified atom stereocenters. The maximum absolute atomic E-state index is 12.9. The molecular weight excluding hydrogens is 352 g/mol. The van der Waals surface area contributed by atoms with Gasteiger partial charge in [-0.05, 0) is 37.0 Å². The Morgan fingerprint density at radius 2 is 1.68 bits per heavy atom. The molecule has 2 rings (SSSR count). The maximum atomic E-state index is 12.9. The molecule has 0 aliphatic heterocycles. The Balaban J connectivity index is 1.93. The molecule has 0 saturated heterocycles. The summed E-state index contributed by atoms with van der Waals surface area (Å²) in [5, 5.41) is 2.68. The molecule has 0 aliphatic rings. The standard InChI is InChI=1S/C23H30N2O3/c1-3-21(23(27)24-2)25(17-16-19-11-6-4-7-12-19)22(26)15-10-18-28-20-13-8-5-9-14-20/h4-9,11-14,21H,3,10,15-18H2,1-2H3,(H,24,27). The lowest BCUT2D eigenvalue weighted by Crippen LogP contribution is -2.49. The van der Waals surface area contributed by atoms with Gasteiger partial charge in [0.1, 0.15) is 11.8 Å². The highest BCUT2D eigenvalue weighted by Gasteiger charge is 2.27. The van der Waals surface area contributed by atoms with E-state index in [9.17, 15) is 9.59 Å². The third-order valence-electron chi connectivity index (χ3n) is 4.66. The van der Waals surface area contributed by atoms with E-state index in [1.807, 2.05) is 67.6 Å². The average Bonchev–Trinajstić information content (AvgIpc) is 2.75. The van der Waals surface area contributed by atoms with Crippen molar-refractivity contribution in [2.45, 2.75) is 38.6 Å². The minimum Gasteiger partial charge on any atom is -0.494 e. The van der Waals surface area contributed by atoms with Crippen molar-refractivity contribution in [3.8, 4) is 5.75 Å². The Morgan fingerprint density at radius 1 is 1.04 bits per heavy atom. The van der Waals surface area contributed by atoms with Crippen LogP contribution in [0.4, 0.5) is 0 Å². The number of nitrogens with zero attached hydrogens (tertiary/aromatic N) is 1. The molecule has 28 heavy (non-hydrogen) atoms. The van der Waals surface area contributed by atoms with Gasteiger partial charge >= 0.3 is 0 Å². The Bertz CT molecular complexity index is 719. The topological polar surface area (TPSA) is 58.6 Å². The van der Waals surface area contributed by atoms with Crippen LogP contribution in [-0.4, -0.2) is 43.0 Å². The molecule has 0 radical (unpaired) electrons.